The van der Waals surface area contributed by atoms with E-state index in [0.717, 1.165) is 0 Å². The first kappa shape index (κ1) is 9.49. The predicted octanol–water partition coefficient (Wildman–Crippen LogP) is -2.30. The largest absolute Gasteiger partial charge is 0.422 e. The maximum absolute atomic E-state index is 8.75. The minimum absolute atomic E-state index is 1.33. The van der Waals surface area contributed by atoms with Gasteiger partial charge in [0.05, 0.1) is 0 Å². The quantitative estimate of drug-likeness (QED) is 0.483. The van der Waals surface area contributed by atoms with Crippen LogP contribution in [0.3, 0.4) is 0 Å². The van der Waals surface area contributed by atoms with E-state index in [1.54, 1.807) is 13.1 Å². The molecule has 0 aliphatic heterocycles. The molecule has 0 amide bonds. The van der Waals surface area contributed by atoms with Crippen molar-refractivity contribution in [3.05, 3.63) is 0 Å². The Morgan fingerprint density at radius 3 is 2.33 bits per heavy atom. The molecule has 0 aliphatic carbocycles. The van der Waals surface area contributed by atoms with Crippen LogP contribution in [-0.2, 0) is 8.23 Å². The fraction of sp³-hybridized carbons (Fsp3) is 1.00. The average Bonchev–Trinajstić information content (AvgIpc) is 1.63. The Labute approximate surface area is 60.2 Å². The van der Waals surface area contributed by atoms with Gasteiger partial charge < -0.3 is 17.8 Å². The Bertz CT molecular complexity index is 68.8. The zero-order valence-corrected chi connectivity index (χ0v) is 9.30. The van der Waals surface area contributed by atoms with Crippen molar-refractivity contribution in [1.29, 1.82) is 0 Å². The Hall–Kier alpha value is 0.491. The topological polar surface area (TPSA) is 58.9 Å². The van der Waals surface area contributed by atoms with Gasteiger partial charge in [0.15, 0.2) is 0 Å². The maximum atomic E-state index is 8.75. The molecular formula is C2H12O4Si3. The Morgan fingerprint density at radius 2 is 2.00 bits per heavy atom. The molecule has 2 unspecified atom stereocenters. The van der Waals surface area contributed by atoms with Crippen molar-refractivity contribution in [2.24, 2.45) is 0 Å². The van der Waals surface area contributed by atoms with E-state index in [-0.39, 0.29) is 0 Å². The molecule has 9 heavy (non-hydrogen) atoms. The average molecular weight is 184 g/mol. The molecule has 0 bridgehead atoms. The summed E-state index contributed by atoms with van der Waals surface area (Å²) in [4.78, 5) is 17.1. The van der Waals surface area contributed by atoms with Gasteiger partial charge in [-0.2, -0.15) is 0 Å². The third-order valence-electron chi connectivity index (χ3n) is 0.698. The Morgan fingerprint density at radius 1 is 1.44 bits per heavy atom. The molecule has 0 spiro atoms. The van der Waals surface area contributed by atoms with Crippen molar-refractivity contribution in [3.63, 3.8) is 0 Å². The minimum atomic E-state index is -1.91. The Balaban J connectivity index is 3.15. The second kappa shape index (κ2) is 5.29. The van der Waals surface area contributed by atoms with E-state index >= 15 is 0 Å². The summed E-state index contributed by atoms with van der Waals surface area (Å²) >= 11 is 0. The molecule has 0 aromatic carbocycles. The molecule has 0 aliphatic rings. The molecule has 0 heterocycles. The molecule has 0 aromatic rings. The van der Waals surface area contributed by atoms with Crippen LogP contribution >= 0.6 is 0 Å². The lowest BCUT2D eigenvalue weighted by molar-refractivity contribution is 0.356. The van der Waals surface area contributed by atoms with Gasteiger partial charge in [-0.05, 0) is 13.1 Å². The van der Waals surface area contributed by atoms with Crippen LogP contribution in [0.1, 0.15) is 0 Å². The van der Waals surface area contributed by atoms with Gasteiger partial charge in [0.2, 0.25) is 0 Å². The highest BCUT2D eigenvalue weighted by Gasteiger charge is 2.08. The molecule has 4 nitrogen and oxygen atoms in total. The third-order valence-corrected chi connectivity index (χ3v) is 6.28. The summed E-state index contributed by atoms with van der Waals surface area (Å²) in [6, 6.07) is 0. The van der Waals surface area contributed by atoms with Gasteiger partial charge >= 0.3 is 9.28 Å². The lowest BCUT2D eigenvalue weighted by atomic mass is 11.9. The van der Waals surface area contributed by atoms with Crippen LogP contribution < -0.4 is 0 Å². The molecule has 0 saturated carbocycles. The molecule has 7 heteroatoms. The lowest BCUT2D eigenvalue weighted by Crippen LogP contribution is -2.28. The smallest absolute Gasteiger partial charge is 0.306 e. The predicted molar refractivity (Wildman–Crippen MR) is 41.2 cm³/mol. The molecule has 56 valence electrons. The van der Waals surface area contributed by atoms with Crippen LogP contribution in [0.25, 0.3) is 0 Å². The summed E-state index contributed by atoms with van der Waals surface area (Å²) < 4.78 is 9.81. The van der Waals surface area contributed by atoms with E-state index in [9.17, 15) is 0 Å². The van der Waals surface area contributed by atoms with Crippen molar-refractivity contribution in [2.75, 3.05) is 0 Å². The van der Waals surface area contributed by atoms with Crippen LogP contribution in [0.15, 0.2) is 0 Å². The van der Waals surface area contributed by atoms with Gasteiger partial charge in [-0.15, -0.1) is 0 Å². The Kier molecular flexibility index (Phi) is 5.58. The van der Waals surface area contributed by atoms with Gasteiger partial charge in [0.25, 0.3) is 19.3 Å². The van der Waals surface area contributed by atoms with Crippen LogP contribution in [0.5, 0.6) is 0 Å². The van der Waals surface area contributed by atoms with E-state index in [0.29, 0.717) is 0 Å². The summed E-state index contributed by atoms with van der Waals surface area (Å²) in [6.07, 6.45) is 0. The second-order valence-corrected chi connectivity index (χ2v) is 6.61. The zero-order valence-electron chi connectivity index (χ0n) is 5.57. The highest BCUT2D eigenvalue weighted by molar-refractivity contribution is 6.59. The standard InChI is InChI=1S/C2H12O4Si3/c1-8(4)6-9(2)5-7-3/h3-4,8-9H,7H2,1-2H3. The lowest BCUT2D eigenvalue weighted by Gasteiger charge is -2.11. The second-order valence-electron chi connectivity index (χ2n) is 1.60. The van der Waals surface area contributed by atoms with Gasteiger partial charge in [-0.3, -0.25) is 0 Å². The first-order valence-corrected chi connectivity index (χ1v) is 8.17. The molecule has 2 N–H and O–H groups in total. The van der Waals surface area contributed by atoms with E-state index < -0.39 is 28.6 Å². The molecular weight excluding hydrogens is 172 g/mol. The van der Waals surface area contributed by atoms with Crippen molar-refractivity contribution in [3.8, 4) is 0 Å². The van der Waals surface area contributed by atoms with Crippen LogP contribution in [-0.4, -0.2) is 38.2 Å². The summed E-state index contributed by atoms with van der Waals surface area (Å²) in [5.41, 5.74) is 0. The van der Waals surface area contributed by atoms with E-state index in [2.05, 4.69) is 0 Å². The fourth-order valence-electron chi connectivity index (χ4n) is 0.422. The summed E-state index contributed by atoms with van der Waals surface area (Å²) in [6.45, 7) is 3.45. The SMILES string of the molecule is C[SiH](O)O[SiH](C)O[SiH2]O. The van der Waals surface area contributed by atoms with Gasteiger partial charge in [0, 0.05) is 0 Å². The van der Waals surface area contributed by atoms with Crippen LogP contribution in [0.2, 0.25) is 13.1 Å². The fourth-order valence-corrected chi connectivity index (χ4v) is 4.50. The number of rotatable bonds is 4. The highest BCUT2D eigenvalue weighted by Crippen LogP contribution is 1.87. The molecule has 0 saturated heterocycles. The van der Waals surface area contributed by atoms with Gasteiger partial charge in [0.1, 0.15) is 0 Å². The first-order chi connectivity index (χ1) is 4.16. The monoisotopic (exact) mass is 184 g/mol. The normalized spacial score (nSPS) is 18.7. The molecule has 2 atom stereocenters. The van der Waals surface area contributed by atoms with E-state index in [4.69, 9.17) is 17.8 Å². The molecule has 0 fully saturated rings. The first-order valence-electron chi connectivity index (χ1n) is 2.72. The zero-order chi connectivity index (χ0) is 7.28. The third kappa shape index (κ3) is 6.37. The number of hydrogen-bond donors (Lipinski definition) is 2. The van der Waals surface area contributed by atoms with Crippen LogP contribution in [0.4, 0.5) is 0 Å². The maximum Gasteiger partial charge on any atom is 0.306 e. The van der Waals surface area contributed by atoms with Crippen molar-refractivity contribution < 1.29 is 17.8 Å². The van der Waals surface area contributed by atoms with E-state index in [1.807, 2.05) is 0 Å². The summed E-state index contributed by atoms with van der Waals surface area (Å²) in [7, 11) is -4.88. The van der Waals surface area contributed by atoms with Crippen molar-refractivity contribution >= 4 is 28.6 Å². The minimum Gasteiger partial charge on any atom is -0.422 e. The summed E-state index contributed by atoms with van der Waals surface area (Å²) in [5, 5.41) is 0. The van der Waals surface area contributed by atoms with Crippen LogP contribution in [0, 0.1) is 0 Å². The molecule has 0 aromatic heterocycles. The molecule has 0 radical (unpaired) electrons. The summed E-state index contributed by atoms with van der Waals surface area (Å²) in [5.74, 6) is 0. The highest BCUT2D eigenvalue weighted by atomic mass is 28.4. The van der Waals surface area contributed by atoms with Crippen molar-refractivity contribution in [2.45, 2.75) is 13.1 Å². The molecule has 0 rings (SSSR count). The number of hydrogen-bond acceptors (Lipinski definition) is 4. The van der Waals surface area contributed by atoms with Crippen molar-refractivity contribution in [1.82, 2.24) is 0 Å². The van der Waals surface area contributed by atoms with Gasteiger partial charge in [-0.25, -0.2) is 0 Å². The van der Waals surface area contributed by atoms with Gasteiger partial charge in [-0.1, -0.05) is 0 Å². The van der Waals surface area contributed by atoms with E-state index in [1.165, 1.54) is 0 Å².